The largest absolute Gasteiger partial charge is 0.380 e. The van der Waals surface area contributed by atoms with Gasteiger partial charge in [-0.15, -0.1) is 0 Å². The van der Waals surface area contributed by atoms with Crippen LogP contribution in [0.3, 0.4) is 0 Å². The Morgan fingerprint density at radius 3 is 2.59 bits per heavy atom. The van der Waals surface area contributed by atoms with Crippen molar-refractivity contribution in [1.29, 1.82) is 0 Å². The maximum absolute atomic E-state index is 5.65. The molecule has 17 heavy (non-hydrogen) atoms. The van der Waals surface area contributed by atoms with Crippen LogP contribution in [0.15, 0.2) is 0 Å². The van der Waals surface area contributed by atoms with Gasteiger partial charge in [-0.2, -0.15) is 0 Å². The fraction of sp³-hybridized carbons (Fsp3) is 1.00. The summed E-state index contributed by atoms with van der Waals surface area (Å²) in [4.78, 5) is 2.50. The van der Waals surface area contributed by atoms with Crippen molar-refractivity contribution in [2.75, 3.05) is 45.9 Å². The number of likely N-dealkylation sites (tertiary alicyclic amines) is 1. The Morgan fingerprint density at radius 1 is 1.12 bits per heavy atom. The van der Waals surface area contributed by atoms with Gasteiger partial charge in [0, 0.05) is 13.2 Å². The first kappa shape index (κ1) is 14.9. The Bertz CT molecular complexity index is 168. The van der Waals surface area contributed by atoms with Crippen LogP contribution in [-0.2, 0) is 4.74 Å². The molecule has 102 valence electrons. The molecule has 0 amide bonds. The molecule has 0 aromatic carbocycles. The summed E-state index contributed by atoms with van der Waals surface area (Å²) in [6.45, 7) is 12.3. The zero-order valence-electron chi connectivity index (χ0n) is 11.7. The Morgan fingerprint density at radius 2 is 1.88 bits per heavy atom. The van der Waals surface area contributed by atoms with Crippen LogP contribution >= 0.6 is 0 Å². The fourth-order valence-electron chi connectivity index (χ4n) is 2.15. The summed E-state index contributed by atoms with van der Waals surface area (Å²) in [5.41, 5.74) is 0. The number of unbranched alkanes of at least 4 members (excludes halogenated alkanes) is 1. The molecule has 0 radical (unpaired) electrons. The molecule has 0 bridgehead atoms. The van der Waals surface area contributed by atoms with Crippen molar-refractivity contribution in [2.45, 2.75) is 39.5 Å². The van der Waals surface area contributed by atoms with Crippen LogP contribution in [0.5, 0.6) is 0 Å². The first-order valence-electron chi connectivity index (χ1n) is 7.30. The van der Waals surface area contributed by atoms with E-state index in [0.29, 0.717) is 0 Å². The van der Waals surface area contributed by atoms with E-state index >= 15 is 0 Å². The second-order valence-electron chi connectivity index (χ2n) is 5.47. The van der Waals surface area contributed by atoms with E-state index in [2.05, 4.69) is 24.1 Å². The third kappa shape index (κ3) is 8.58. The van der Waals surface area contributed by atoms with Crippen LogP contribution in [0.4, 0.5) is 0 Å². The predicted octanol–water partition coefficient (Wildman–Crippen LogP) is 2.12. The molecule has 3 nitrogen and oxygen atoms in total. The van der Waals surface area contributed by atoms with Crippen molar-refractivity contribution in [1.82, 2.24) is 10.2 Å². The lowest BCUT2D eigenvalue weighted by molar-refractivity contribution is 0.108. The number of nitrogens with one attached hydrogen (secondary N) is 1. The number of rotatable bonds is 10. The van der Waals surface area contributed by atoms with Crippen LogP contribution in [-0.4, -0.2) is 50.8 Å². The molecule has 1 heterocycles. The molecule has 0 aromatic rings. The Hall–Kier alpha value is -0.120. The van der Waals surface area contributed by atoms with E-state index in [0.717, 1.165) is 38.8 Å². The van der Waals surface area contributed by atoms with E-state index < -0.39 is 0 Å². The second-order valence-corrected chi connectivity index (χ2v) is 5.47. The van der Waals surface area contributed by atoms with Crippen LogP contribution in [0.2, 0.25) is 0 Å². The van der Waals surface area contributed by atoms with Crippen LogP contribution in [0, 0.1) is 5.92 Å². The highest BCUT2D eigenvalue weighted by atomic mass is 16.5. The minimum absolute atomic E-state index is 0.756. The number of hydrogen-bond donors (Lipinski definition) is 1. The quantitative estimate of drug-likeness (QED) is 0.594. The van der Waals surface area contributed by atoms with Gasteiger partial charge in [0.05, 0.1) is 6.61 Å². The third-order valence-electron chi connectivity index (χ3n) is 3.20. The third-order valence-corrected chi connectivity index (χ3v) is 3.20. The van der Waals surface area contributed by atoms with Gasteiger partial charge in [0.1, 0.15) is 0 Å². The second kappa shape index (κ2) is 9.86. The Balaban J connectivity index is 1.72. The molecule has 0 atom stereocenters. The highest BCUT2D eigenvalue weighted by molar-refractivity contribution is 4.65. The molecule has 3 heteroatoms. The normalized spacial score (nSPS) is 17.1. The van der Waals surface area contributed by atoms with E-state index in [4.69, 9.17) is 4.74 Å². The van der Waals surface area contributed by atoms with E-state index in [1.165, 1.54) is 38.8 Å². The van der Waals surface area contributed by atoms with Gasteiger partial charge in [-0.3, -0.25) is 0 Å². The van der Waals surface area contributed by atoms with E-state index in [9.17, 15) is 0 Å². The smallest absolute Gasteiger partial charge is 0.0593 e. The highest BCUT2D eigenvalue weighted by Crippen LogP contribution is 2.06. The lowest BCUT2D eigenvalue weighted by atomic mass is 10.2. The summed E-state index contributed by atoms with van der Waals surface area (Å²) in [5.74, 6) is 0.756. The molecule has 0 aromatic heterocycles. The van der Waals surface area contributed by atoms with Gasteiger partial charge in [-0.1, -0.05) is 13.8 Å². The van der Waals surface area contributed by atoms with Gasteiger partial charge in [0.25, 0.3) is 0 Å². The Kier molecular flexibility index (Phi) is 8.67. The zero-order valence-corrected chi connectivity index (χ0v) is 11.7. The zero-order chi connectivity index (χ0) is 12.3. The van der Waals surface area contributed by atoms with Crippen LogP contribution < -0.4 is 5.32 Å². The van der Waals surface area contributed by atoms with Crippen LogP contribution in [0.25, 0.3) is 0 Å². The maximum atomic E-state index is 5.65. The molecule has 1 aliphatic rings. The monoisotopic (exact) mass is 242 g/mol. The summed E-state index contributed by atoms with van der Waals surface area (Å²) < 4.78 is 5.65. The number of hydrogen-bond acceptors (Lipinski definition) is 3. The predicted molar refractivity (Wildman–Crippen MR) is 73.4 cm³/mol. The molecule has 0 unspecified atom stereocenters. The summed E-state index contributed by atoms with van der Waals surface area (Å²) in [7, 11) is 0. The molecule has 1 rings (SSSR count). The van der Waals surface area contributed by atoms with Gasteiger partial charge in [0.2, 0.25) is 0 Å². The SMILES string of the molecule is CC(C)CNCCCCOCCN1CCCC1. The van der Waals surface area contributed by atoms with E-state index in [1.807, 2.05) is 0 Å². The van der Waals surface area contributed by atoms with Crippen LogP contribution in [0.1, 0.15) is 39.5 Å². The van der Waals surface area contributed by atoms with Gasteiger partial charge >= 0.3 is 0 Å². The first-order valence-corrected chi connectivity index (χ1v) is 7.30. The molecule has 1 aliphatic heterocycles. The van der Waals surface area contributed by atoms with E-state index in [1.54, 1.807) is 0 Å². The van der Waals surface area contributed by atoms with E-state index in [-0.39, 0.29) is 0 Å². The number of nitrogens with zero attached hydrogens (tertiary/aromatic N) is 1. The average molecular weight is 242 g/mol. The van der Waals surface area contributed by atoms with Crippen molar-refractivity contribution < 1.29 is 4.74 Å². The molecule has 0 saturated carbocycles. The minimum atomic E-state index is 0.756. The molecule has 1 N–H and O–H groups in total. The maximum Gasteiger partial charge on any atom is 0.0593 e. The van der Waals surface area contributed by atoms with Crippen molar-refractivity contribution in [3.63, 3.8) is 0 Å². The fourth-order valence-corrected chi connectivity index (χ4v) is 2.15. The minimum Gasteiger partial charge on any atom is -0.380 e. The van der Waals surface area contributed by atoms with Gasteiger partial charge in [-0.05, 0) is 57.8 Å². The lowest BCUT2D eigenvalue weighted by Gasteiger charge is -2.14. The van der Waals surface area contributed by atoms with Crippen molar-refractivity contribution >= 4 is 0 Å². The van der Waals surface area contributed by atoms with Gasteiger partial charge in [-0.25, -0.2) is 0 Å². The highest BCUT2D eigenvalue weighted by Gasteiger charge is 2.09. The molecule has 1 saturated heterocycles. The lowest BCUT2D eigenvalue weighted by Crippen LogP contribution is -2.24. The number of ether oxygens (including phenoxy) is 1. The van der Waals surface area contributed by atoms with Crippen molar-refractivity contribution in [2.24, 2.45) is 5.92 Å². The van der Waals surface area contributed by atoms with Gasteiger partial charge in [0.15, 0.2) is 0 Å². The summed E-state index contributed by atoms with van der Waals surface area (Å²) in [6.07, 6.45) is 5.17. The molecular formula is C14H30N2O. The topological polar surface area (TPSA) is 24.5 Å². The van der Waals surface area contributed by atoms with Gasteiger partial charge < -0.3 is 15.0 Å². The molecule has 0 aliphatic carbocycles. The van der Waals surface area contributed by atoms with Crippen molar-refractivity contribution in [3.05, 3.63) is 0 Å². The summed E-state index contributed by atoms with van der Waals surface area (Å²) in [6, 6.07) is 0. The average Bonchev–Trinajstić information content (AvgIpc) is 2.79. The molecule has 1 fully saturated rings. The van der Waals surface area contributed by atoms with Crippen molar-refractivity contribution in [3.8, 4) is 0 Å². The molecule has 0 spiro atoms. The standard InChI is InChI=1S/C14H30N2O/c1-14(2)13-15-7-3-6-11-17-12-10-16-8-4-5-9-16/h14-15H,3-13H2,1-2H3. The Labute approximate surface area is 107 Å². The molecular weight excluding hydrogens is 212 g/mol. The first-order chi connectivity index (χ1) is 8.29. The summed E-state index contributed by atoms with van der Waals surface area (Å²) in [5, 5.41) is 3.46. The summed E-state index contributed by atoms with van der Waals surface area (Å²) >= 11 is 0.